The molecule has 124 valence electrons. The van der Waals surface area contributed by atoms with E-state index in [1.54, 1.807) is 0 Å². The van der Waals surface area contributed by atoms with E-state index in [0.29, 0.717) is 24.7 Å². The van der Waals surface area contributed by atoms with Gasteiger partial charge in [-0.1, -0.05) is 13.3 Å². The second kappa shape index (κ2) is 7.90. The molecule has 2 rings (SSSR count). The highest BCUT2D eigenvalue weighted by molar-refractivity contribution is 7.88. The molecule has 0 amide bonds. The Kier molecular flexibility index (Phi) is 6.47. The van der Waals surface area contributed by atoms with Crippen molar-refractivity contribution < 1.29 is 8.42 Å². The molecule has 0 aromatic heterocycles. The van der Waals surface area contributed by atoms with Crippen LogP contribution in [0.2, 0.25) is 0 Å². The molecule has 2 aliphatic heterocycles. The van der Waals surface area contributed by atoms with Crippen LogP contribution in [0.25, 0.3) is 0 Å². The van der Waals surface area contributed by atoms with Gasteiger partial charge in [0.2, 0.25) is 10.0 Å². The van der Waals surface area contributed by atoms with E-state index >= 15 is 0 Å². The summed E-state index contributed by atoms with van der Waals surface area (Å²) in [6.45, 7) is 4.94. The van der Waals surface area contributed by atoms with E-state index in [1.807, 2.05) is 0 Å². The van der Waals surface area contributed by atoms with Crippen molar-refractivity contribution in [2.75, 3.05) is 25.9 Å². The molecule has 21 heavy (non-hydrogen) atoms. The molecule has 6 heteroatoms. The number of sulfonamides is 1. The van der Waals surface area contributed by atoms with Gasteiger partial charge in [-0.2, -0.15) is 0 Å². The maximum Gasteiger partial charge on any atom is 0.208 e. The van der Waals surface area contributed by atoms with Crippen LogP contribution in [-0.4, -0.2) is 57.3 Å². The molecule has 0 spiro atoms. The molecule has 2 unspecified atom stereocenters. The fraction of sp³-hybridized carbons (Fsp3) is 1.00. The fourth-order valence-corrected chi connectivity index (χ4v) is 4.39. The molecular formula is C15H31N3O2S. The number of hydrogen-bond acceptors (Lipinski definition) is 4. The molecule has 2 saturated heterocycles. The fourth-order valence-electron chi connectivity index (χ4n) is 3.88. The molecule has 2 atom stereocenters. The van der Waals surface area contributed by atoms with E-state index in [2.05, 4.69) is 21.9 Å². The van der Waals surface area contributed by atoms with Crippen molar-refractivity contribution in [3.8, 4) is 0 Å². The third-order valence-electron chi connectivity index (χ3n) is 4.77. The molecule has 2 heterocycles. The van der Waals surface area contributed by atoms with Gasteiger partial charge >= 0.3 is 0 Å². The lowest BCUT2D eigenvalue weighted by atomic mass is 9.81. The number of hydrogen-bond donors (Lipinski definition) is 2. The number of fused-ring (bicyclic) bond motifs is 2. The number of nitrogens with zero attached hydrogens (tertiary/aromatic N) is 1. The first kappa shape index (κ1) is 17.2. The van der Waals surface area contributed by atoms with Crippen molar-refractivity contribution >= 4 is 10.0 Å². The summed E-state index contributed by atoms with van der Waals surface area (Å²) in [7, 11) is -3.04. The quantitative estimate of drug-likeness (QED) is 0.663. The largest absolute Gasteiger partial charge is 0.314 e. The lowest BCUT2D eigenvalue weighted by Gasteiger charge is -2.49. The first-order valence-electron chi connectivity index (χ1n) is 8.43. The van der Waals surface area contributed by atoms with Crippen molar-refractivity contribution in [1.82, 2.24) is 14.9 Å². The zero-order chi connectivity index (χ0) is 15.3. The summed E-state index contributed by atoms with van der Waals surface area (Å²) in [5, 5.41) is 3.69. The minimum Gasteiger partial charge on any atom is -0.314 e. The molecule has 0 aliphatic carbocycles. The lowest BCUT2D eigenvalue weighted by Crippen LogP contribution is -2.56. The Labute approximate surface area is 129 Å². The Morgan fingerprint density at radius 2 is 1.81 bits per heavy atom. The van der Waals surface area contributed by atoms with E-state index < -0.39 is 10.0 Å². The molecule has 0 aromatic carbocycles. The van der Waals surface area contributed by atoms with Gasteiger partial charge in [-0.25, -0.2) is 13.1 Å². The smallest absolute Gasteiger partial charge is 0.208 e. The predicted molar refractivity (Wildman–Crippen MR) is 86.9 cm³/mol. The second-order valence-corrected chi connectivity index (χ2v) is 8.45. The maximum absolute atomic E-state index is 11.1. The van der Waals surface area contributed by atoms with Gasteiger partial charge in [0.1, 0.15) is 0 Å². The molecule has 2 fully saturated rings. The van der Waals surface area contributed by atoms with E-state index in [9.17, 15) is 8.42 Å². The summed E-state index contributed by atoms with van der Waals surface area (Å²) in [5.41, 5.74) is 0. The predicted octanol–water partition coefficient (Wildman–Crippen LogP) is 1.31. The van der Waals surface area contributed by atoms with Gasteiger partial charge in [-0.15, -0.1) is 0 Å². The van der Waals surface area contributed by atoms with Crippen LogP contribution in [0.15, 0.2) is 0 Å². The third kappa shape index (κ3) is 5.51. The summed E-state index contributed by atoms with van der Waals surface area (Å²) in [6.07, 6.45) is 9.83. The van der Waals surface area contributed by atoms with E-state index in [1.165, 1.54) is 44.8 Å². The molecule has 0 saturated carbocycles. The highest BCUT2D eigenvalue weighted by Gasteiger charge is 2.37. The average molecular weight is 317 g/mol. The summed E-state index contributed by atoms with van der Waals surface area (Å²) in [6, 6.07) is 2.08. The summed E-state index contributed by atoms with van der Waals surface area (Å²) < 4.78 is 24.8. The highest BCUT2D eigenvalue weighted by Crippen LogP contribution is 2.34. The molecule has 5 nitrogen and oxygen atoms in total. The standard InChI is InChI=1S/C15H31N3O2S/c1-3-8-16-13-11-14-6-4-7-15(12-13)18(14)10-5-9-17-21(2,19)20/h13-17H,3-12H2,1-2H3. The molecule has 2 N–H and O–H groups in total. The van der Waals surface area contributed by atoms with Crippen LogP contribution in [0.5, 0.6) is 0 Å². The van der Waals surface area contributed by atoms with Crippen LogP contribution in [0, 0.1) is 0 Å². The van der Waals surface area contributed by atoms with Crippen LogP contribution in [0.1, 0.15) is 51.9 Å². The third-order valence-corrected chi connectivity index (χ3v) is 5.49. The second-order valence-electron chi connectivity index (χ2n) is 6.62. The van der Waals surface area contributed by atoms with Gasteiger partial charge in [0.05, 0.1) is 6.26 Å². The van der Waals surface area contributed by atoms with Gasteiger partial charge in [-0.05, 0) is 51.6 Å². The summed E-state index contributed by atoms with van der Waals surface area (Å²) in [5.74, 6) is 0. The van der Waals surface area contributed by atoms with Crippen LogP contribution < -0.4 is 10.0 Å². The van der Waals surface area contributed by atoms with Crippen LogP contribution >= 0.6 is 0 Å². The first-order valence-corrected chi connectivity index (χ1v) is 10.3. The zero-order valence-electron chi connectivity index (χ0n) is 13.5. The Bertz CT molecular complexity index is 399. The van der Waals surface area contributed by atoms with Crippen molar-refractivity contribution in [3.63, 3.8) is 0 Å². The number of nitrogens with one attached hydrogen (secondary N) is 2. The number of rotatable bonds is 8. The van der Waals surface area contributed by atoms with Gasteiger partial charge in [-0.3, -0.25) is 4.90 Å². The van der Waals surface area contributed by atoms with Gasteiger partial charge in [0, 0.05) is 24.7 Å². The summed E-state index contributed by atoms with van der Waals surface area (Å²) in [4.78, 5) is 2.65. The van der Waals surface area contributed by atoms with Crippen LogP contribution in [0.4, 0.5) is 0 Å². The Morgan fingerprint density at radius 1 is 1.14 bits per heavy atom. The molecule has 2 aliphatic rings. The minimum atomic E-state index is -3.04. The molecule has 0 aromatic rings. The Morgan fingerprint density at radius 3 is 2.38 bits per heavy atom. The van der Waals surface area contributed by atoms with E-state index in [-0.39, 0.29) is 0 Å². The minimum absolute atomic E-state index is 0.562. The van der Waals surface area contributed by atoms with E-state index in [4.69, 9.17) is 0 Å². The van der Waals surface area contributed by atoms with Crippen molar-refractivity contribution in [1.29, 1.82) is 0 Å². The SMILES string of the molecule is CCCNC1CC2CCCC(C1)N2CCCNS(C)(=O)=O. The molecule has 0 radical (unpaired) electrons. The van der Waals surface area contributed by atoms with Crippen molar-refractivity contribution in [2.24, 2.45) is 0 Å². The molecular weight excluding hydrogens is 286 g/mol. The van der Waals surface area contributed by atoms with E-state index in [0.717, 1.165) is 19.5 Å². The Balaban J connectivity index is 1.78. The first-order chi connectivity index (χ1) is 9.99. The normalized spacial score (nSPS) is 30.5. The zero-order valence-corrected chi connectivity index (χ0v) is 14.3. The highest BCUT2D eigenvalue weighted by atomic mass is 32.2. The van der Waals surface area contributed by atoms with Crippen molar-refractivity contribution in [2.45, 2.75) is 70.0 Å². The van der Waals surface area contributed by atoms with Crippen LogP contribution in [0.3, 0.4) is 0 Å². The number of piperidine rings is 2. The summed E-state index contributed by atoms with van der Waals surface area (Å²) >= 11 is 0. The van der Waals surface area contributed by atoms with Gasteiger partial charge in [0.15, 0.2) is 0 Å². The average Bonchev–Trinajstić information content (AvgIpc) is 2.40. The van der Waals surface area contributed by atoms with Crippen LogP contribution in [-0.2, 0) is 10.0 Å². The molecule has 2 bridgehead atoms. The van der Waals surface area contributed by atoms with Gasteiger partial charge in [0.25, 0.3) is 0 Å². The monoisotopic (exact) mass is 317 g/mol. The van der Waals surface area contributed by atoms with Gasteiger partial charge < -0.3 is 5.32 Å². The lowest BCUT2D eigenvalue weighted by molar-refractivity contribution is 0.0242. The maximum atomic E-state index is 11.1. The Hall–Kier alpha value is -0.170. The van der Waals surface area contributed by atoms with Crippen molar-refractivity contribution in [3.05, 3.63) is 0 Å². The topological polar surface area (TPSA) is 61.4 Å².